The lowest BCUT2D eigenvalue weighted by Gasteiger charge is -2.01. The predicted octanol–water partition coefficient (Wildman–Crippen LogP) is 3.84. The Bertz CT molecular complexity index is 264. The number of rotatable bonds is 4. The molecule has 0 radical (unpaired) electrons. The molecular weight excluding hydrogens is 278 g/mol. The highest BCUT2D eigenvalue weighted by molar-refractivity contribution is 8.93. The molecule has 1 nitrogen and oxygen atoms in total. The Kier molecular flexibility index (Phi) is 8.43. The second-order valence-corrected chi connectivity index (χ2v) is 4.57. The van der Waals surface area contributed by atoms with Gasteiger partial charge in [-0.3, -0.25) is 5.41 Å². The van der Waals surface area contributed by atoms with Crippen LogP contribution in [0, 0.1) is 5.41 Å². The maximum absolute atomic E-state index is 7.58. The summed E-state index contributed by atoms with van der Waals surface area (Å²) in [6.07, 6.45) is 2.03. The van der Waals surface area contributed by atoms with Crippen molar-refractivity contribution in [3.05, 3.63) is 35.9 Å². The molecule has 0 unspecified atom stereocenters. The monoisotopic (exact) mass is 291 g/mol. The molecule has 1 rings (SSSR count). The fourth-order valence-electron chi connectivity index (χ4n) is 0.917. The largest absolute Gasteiger partial charge is 0.298 e. The highest BCUT2D eigenvalue weighted by Crippen LogP contribution is 2.14. The molecule has 1 aromatic rings. The zero-order valence-electron chi connectivity index (χ0n) is 8.03. The van der Waals surface area contributed by atoms with Gasteiger partial charge in [0.25, 0.3) is 0 Å². The van der Waals surface area contributed by atoms with Crippen molar-refractivity contribution in [2.24, 2.45) is 0 Å². The first kappa shape index (κ1) is 14.1. The van der Waals surface area contributed by atoms with Gasteiger partial charge in [-0.2, -0.15) is 11.8 Å². The van der Waals surface area contributed by atoms with Gasteiger partial charge < -0.3 is 0 Å². The molecular formula is C10H14BrNS2. The minimum absolute atomic E-state index is 0. The Morgan fingerprint density at radius 2 is 1.93 bits per heavy atom. The van der Waals surface area contributed by atoms with Gasteiger partial charge >= 0.3 is 0 Å². The van der Waals surface area contributed by atoms with Crippen LogP contribution in [0.1, 0.15) is 5.56 Å². The Labute approximate surface area is 104 Å². The molecule has 0 amide bonds. The molecule has 0 aliphatic rings. The molecule has 0 atom stereocenters. The van der Waals surface area contributed by atoms with Gasteiger partial charge in [0, 0.05) is 11.5 Å². The van der Waals surface area contributed by atoms with Gasteiger partial charge in [0.05, 0.1) is 5.04 Å². The maximum Gasteiger partial charge on any atom is 0.0743 e. The summed E-state index contributed by atoms with van der Waals surface area (Å²) in [7, 11) is 0. The van der Waals surface area contributed by atoms with Gasteiger partial charge in [-0.05, 0) is 11.8 Å². The molecule has 0 heterocycles. The topological polar surface area (TPSA) is 23.9 Å². The van der Waals surface area contributed by atoms with E-state index in [0.717, 1.165) is 16.5 Å². The van der Waals surface area contributed by atoms with E-state index in [2.05, 4.69) is 12.1 Å². The van der Waals surface area contributed by atoms with Crippen LogP contribution in [0.2, 0.25) is 0 Å². The standard InChI is InChI=1S/C10H13NS2.BrH/c1-12-8-10(11)13-7-9-5-3-2-4-6-9;/h2-6,11H,7-8H2,1H3;1H. The number of hydrogen-bond donors (Lipinski definition) is 1. The highest BCUT2D eigenvalue weighted by atomic mass is 79.9. The van der Waals surface area contributed by atoms with Crippen LogP contribution >= 0.6 is 40.5 Å². The summed E-state index contributed by atoms with van der Waals surface area (Å²) >= 11 is 3.32. The molecule has 1 aromatic carbocycles. The molecule has 78 valence electrons. The van der Waals surface area contributed by atoms with Crippen LogP contribution < -0.4 is 0 Å². The lowest BCUT2D eigenvalue weighted by atomic mass is 10.2. The van der Waals surface area contributed by atoms with E-state index in [1.54, 1.807) is 23.5 Å². The van der Waals surface area contributed by atoms with Crippen LogP contribution in [-0.2, 0) is 5.75 Å². The van der Waals surface area contributed by atoms with E-state index in [4.69, 9.17) is 5.41 Å². The van der Waals surface area contributed by atoms with E-state index in [-0.39, 0.29) is 17.0 Å². The zero-order valence-corrected chi connectivity index (χ0v) is 11.4. The lowest BCUT2D eigenvalue weighted by Crippen LogP contribution is -1.94. The number of benzene rings is 1. The Morgan fingerprint density at radius 3 is 2.50 bits per heavy atom. The third-order valence-electron chi connectivity index (χ3n) is 1.53. The first-order valence-corrected chi connectivity index (χ1v) is 6.44. The number of thioether (sulfide) groups is 2. The molecule has 4 heteroatoms. The third-order valence-corrected chi connectivity index (χ3v) is 3.26. The average molecular weight is 292 g/mol. The third kappa shape index (κ3) is 5.73. The van der Waals surface area contributed by atoms with Crippen LogP contribution in [-0.4, -0.2) is 17.1 Å². The zero-order chi connectivity index (χ0) is 9.52. The second-order valence-electron chi connectivity index (χ2n) is 2.63. The van der Waals surface area contributed by atoms with Gasteiger partial charge in [0.15, 0.2) is 0 Å². The van der Waals surface area contributed by atoms with Crippen molar-refractivity contribution >= 4 is 45.5 Å². The summed E-state index contributed by atoms with van der Waals surface area (Å²) in [4.78, 5) is 0. The predicted molar refractivity (Wildman–Crippen MR) is 74.2 cm³/mol. The summed E-state index contributed by atoms with van der Waals surface area (Å²) in [6, 6.07) is 10.3. The second kappa shape index (κ2) is 8.38. The molecule has 0 spiro atoms. The summed E-state index contributed by atoms with van der Waals surface area (Å²) < 4.78 is 0. The normalized spacial score (nSPS) is 9.21. The minimum Gasteiger partial charge on any atom is -0.298 e. The molecule has 14 heavy (non-hydrogen) atoms. The van der Waals surface area contributed by atoms with E-state index in [1.165, 1.54) is 5.56 Å². The van der Waals surface area contributed by atoms with E-state index in [1.807, 2.05) is 24.5 Å². The van der Waals surface area contributed by atoms with Crippen molar-refractivity contribution in [2.75, 3.05) is 12.0 Å². The maximum atomic E-state index is 7.58. The SMILES string of the molecule is Br.CSCC(=N)SCc1ccccc1. The van der Waals surface area contributed by atoms with Crippen LogP contribution in [0.3, 0.4) is 0 Å². The number of hydrogen-bond acceptors (Lipinski definition) is 3. The Hall–Kier alpha value is 0.0700. The minimum atomic E-state index is 0. The smallest absolute Gasteiger partial charge is 0.0743 e. The van der Waals surface area contributed by atoms with E-state index in [0.29, 0.717) is 0 Å². The van der Waals surface area contributed by atoms with Crippen LogP contribution in [0.25, 0.3) is 0 Å². The Balaban J connectivity index is 0.00000169. The van der Waals surface area contributed by atoms with Crippen LogP contribution in [0.15, 0.2) is 30.3 Å². The van der Waals surface area contributed by atoms with Gasteiger partial charge in [-0.15, -0.1) is 28.7 Å². The van der Waals surface area contributed by atoms with E-state index < -0.39 is 0 Å². The molecule has 0 bridgehead atoms. The molecule has 0 saturated carbocycles. The van der Waals surface area contributed by atoms with Gasteiger partial charge in [-0.25, -0.2) is 0 Å². The fraction of sp³-hybridized carbons (Fsp3) is 0.300. The highest BCUT2D eigenvalue weighted by Gasteiger charge is 1.97. The quantitative estimate of drug-likeness (QED) is 0.673. The summed E-state index contributed by atoms with van der Waals surface area (Å²) in [6.45, 7) is 0. The van der Waals surface area contributed by atoms with Gasteiger partial charge in [0.1, 0.15) is 0 Å². The molecule has 0 aliphatic heterocycles. The van der Waals surface area contributed by atoms with Crippen LogP contribution in [0.5, 0.6) is 0 Å². The summed E-state index contributed by atoms with van der Waals surface area (Å²) in [5.74, 6) is 1.75. The van der Waals surface area contributed by atoms with Gasteiger partial charge in [-0.1, -0.05) is 30.3 Å². The average Bonchev–Trinajstić information content (AvgIpc) is 2.17. The van der Waals surface area contributed by atoms with E-state index in [9.17, 15) is 0 Å². The van der Waals surface area contributed by atoms with E-state index >= 15 is 0 Å². The first-order chi connectivity index (χ1) is 6.33. The molecule has 0 aliphatic carbocycles. The summed E-state index contributed by atoms with van der Waals surface area (Å²) in [5, 5.41) is 8.34. The van der Waals surface area contributed by atoms with Crippen molar-refractivity contribution < 1.29 is 0 Å². The first-order valence-electron chi connectivity index (χ1n) is 4.06. The molecule has 0 aromatic heterocycles. The molecule has 0 saturated heterocycles. The Morgan fingerprint density at radius 1 is 1.29 bits per heavy atom. The van der Waals surface area contributed by atoms with Crippen molar-refractivity contribution in [3.8, 4) is 0 Å². The molecule has 1 N–H and O–H groups in total. The van der Waals surface area contributed by atoms with Crippen molar-refractivity contribution in [3.63, 3.8) is 0 Å². The number of nitrogens with one attached hydrogen (secondary N) is 1. The fourth-order valence-corrected chi connectivity index (χ4v) is 2.40. The van der Waals surface area contributed by atoms with Crippen molar-refractivity contribution in [1.82, 2.24) is 0 Å². The van der Waals surface area contributed by atoms with Crippen LogP contribution in [0.4, 0.5) is 0 Å². The van der Waals surface area contributed by atoms with Crippen molar-refractivity contribution in [1.29, 1.82) is 5.41 Å². The van der Waals surface area contributed by atoms with Crippen molar-refractivity contribution in [2.45, 2.75) is 5.75 Å². The summed E-state index contributed by atoms with van der Waals surface area (Å²) in [5.41, 5.74) is 1.29. The lowest BCUT2D eigenvalue weighted by molar-refractivity contribution is 1.42. The molecule has 0 fully saturated rings. The van der Waals surface area contributed by atoms with Gasteiger partial charge in [0.2, 0.25) is 0 Å². The number of halogens is 1.